The second-order valence-electron chi connectivity index (χ2n) is 8.27. The summed E-state index contributed by atoms with van der Waals surface area (Å²) < 4.78 is 30.2. The molecule has 31 heavy (non-hydrogen) atoms. The quantitative estimate of drug-likeness (QED) is 0.625. The summed E-state index contributed by atoms with van der Waals surface area (Å²) in [5, 5.41) is 0.486. The molecular formula is C24H25NO6. The fourth-order valence-electron chi connectivity index (χ4n) is 4.38. The van der Waals surface area contributed by atoms with Crippen molar-refractivity contribution in [1.82, 2.24) is 0 Å². The number of hydrogen-bond acceptors (Lipinski definition) is 7. The molecule has 5 rings (SSSR count). The Morgan fingerprint density at radius 2 is 1.71 bits per heavy atom. The summed E-state index contributed by atoms with van der Waals surface area (Å²) >= 11 is 0. The maximum absolute atomic E-state index is 13.7. The van der Waals surface area contributed by atoms with Gasteiger partial charge < -0.3 is 28.3 Å². The van der Waals surface area contributed by atoms with Gasteiger partial charge in [-0.2, -0.15) is 0 Å². The largest absolute Gasteiger partial charge is 0.440 e. The molecule has 0 saturated carbocycles. The molecular weight excluding hydrogens is 398 g/mol. The molecule has 162 valence electrons. The van der Waals surface area contributed by atoms with Gasteiger partial charge >= 0.3 is 0 Å². The van der Waals surface area contributed by atoms with E-state index in [9.17, 15) is 4.79 Å². The van der Waals surface area contributed by atoms with Crippen molar-refractivity contribution >= 4 is 22.5 Å². The van der Waals surface area contributed by atoms with E-state index in [1.165, 1.54) is 0 Å². The SMILES string of the molecule is COC1C(c2c(N(C)c3ccccc3)oc3ccccc3c2=O)OC2OC(C)(C)OC21. The van der Waals surface area contributed by atoms with Crippen molar-refractivity contribution in [3.8, 4) is 0 Å². The van der Waals surface area contributed by atoms with E-state index >= 15 is 0 Å². The first-order valence-corrected chi connectivity index (χ1v) is 10.3. The lowest BCUT2D eigenvalue weighted by molar-refractivity contribution is -0.217. The Hall–Kier alpha value is -2.71. The maximum atomic E-state index is 13.7. The predicted octanol–water partition coefficient (Wildman–Crippen LogP) is 4.12. The Morgan fingerprint density at radius 1 is 1.00 bits per heavy atom. The third-order valence-corrected chi connectivity index (χ3v) is 5.81. The molecule has 4 unspecified atom stereocenters. The normalized spacial score (nSPS) is 26.8. The first-order valence-electron chi connectivity index (χ1n) is 10.3. The number of fused-ring (bicyclic) bond motifs is 2. The van der Waals surface area contributed by atoms with Crippen molar-refractivity contribution in [2.45, 2.75) is 44.2 Å². The van der Waals surface area contributed by atoms with Crippen molar-refractivity contribution in [3.05, 3.63) is 70.4 Å². The molecule has 3 aromatic rings. The Bertz CT molecular complexity index is 1160. The van der Waals surface area contributed by atoms with Crippen LogP contribution in [0.4, 0.5) is 11.6 Å². The van der Waals surface area contributed by atoms with Crippen molar-refractivity contribution in [2.75, 3.05) is 19.1 Å². The van der Waals surface area contributed by atoms with Gasteiger partial charge in [0.05, 0.1) is 10.9 Å². The lowest BCUT2D eigenvalue weighted by Gasteiger charge is -2.27. The zero-order valence-electron chi connectivity index (χ0n) is 17.9. The number of methoxy groups -OCH3 is 1. The minimum atomic E-state index is -0.783. The smallest absolute Gasteiger partial charge is 0.210 e. The highest BCUT2D eigenvalue weighted by molar-refractivity contribution is 5.80. The van der Waals surface area contributed by atoms with E-state index in [4.69, 9.17) is 23.4 Å². The van der Waals surface area contributed by atoms with Gasteiger partial charge in [0.2, 0.25) is 11.3 Å². The van der Waals surface area contributed by atoms with E-state index in [2.05, 4.69) is 0 Å². The van der Waals surface area contributed by atoms with Crippen molar-refractivity contribution < 1.29 is 23.4 Å². The molecule has 2 fully saturated rings. The molecule has 0 radical (unpaired) electrons. The summed E-state index contributed by atoms with van der Waals surface area (Å²) in [6.45, 7) is 3.66. The Balaban J connectivity index is 1.67. The Kier molecular flexibility index (Phi) is 4.86. The van der Waals surface area contributed by atoms with Crippen molar-refractivity contribution in [2.24, 2.45) is 0 Å². The number of nitrogens with zero attached hydrogens (tertiary/aromatic N) is 1. The van der Waals surface area contributed by atoms with Gasteiger partial charge in [-0.1, -0.05) is 30.3 Å². The number of anilines is 2. The Morgan fingerprint density at radius 3 is 2.45 bits per heavy atom. The molecule has 2 saturated heterocycles. The zero-order valence-corrected chi connectivity index (χ0v) is 17.9. The van der Waals surface area contributed by atoms with Crippen LogP contribution in [0, 0.1) is 0 Å². The fraction of sp³-hybridized carbons (Fsp3) is 0.375. The second kappa shape index (κ2) is 7.46. The molecule has 2 aromatic carbocycles. The number of para-hydroxylation sites is 2. The first kappa shape index (κ1) is 20.2. The van der Waals surface area contributed by atoms with Crippen LogP contribution in [0.2, 0.25) is 0 Å². The van der Waals surface area contributed by atoms with Crippen LogP contribution in [0.1, 0.15) is 25.5 Å². The van der Waals surface area contributed by atoms with Crippen LogP contribution in [-0.4, -0.2) is 38.4 Å². The minimum absolute atomic E-state index is 0.161. The first-order chi connectivity index (χ1) is 14.9. The summed E-state index contributed by atoms with van der Waals surface area (Å²) in [4.78, 5) is 15.5. The number of rotatable bonds is 4. The van der Waals surface area contributed by atoms with Gasteiger partial charge in [0.1, 0.15) is 23.9 Å². The topological polar surface area (TPSA) is 70.4 Å². The van der Waals surface area contributed by atoms with Gasteiger partial charge in [0, 0.05) is 19.8 Å². The summed E-state index contributed by atoms with van der Waals surface area (Å²) in [6.07, 6.45) is -2.33. The van der Waals surface area contributed by atoms with Crippen molar-refractivity contribution in [3.63, 3.8) is 0 Å². The standard InChI is InChI=1S/C24H25NO6/c1-24(2)30-21-20(27-4)19(29-23(21)31-24)17-18(26)15-12-8-9-13-16(15)28-22(17)25(3)14-10-6-5-7-11-14/h5-13,19-21,23H,1-4H3. The van der Waals surface area contributed by atoms with Crippen LogP contribution >= 0.6 is 0 Å². The highest BCUT2D eigenvalue weighted by Gasteiger charge is 2.56. The van der Waals surface area contributed by atoms with Gasteiger partial charge in [-0.15, -0.1) is 0 Å². The average Bonchev–Trinajstić information content (AvgIpc) is 3.24. The van der Waals surface area contributed by atoms with E-state index in [1.807, 2.05) is 68.3 Å². The van der Waals surface area contributed by atoms with Gasteiger partial charge in [-0.3, -0.25) is 4.79 Å². The number of hydrogen-bond donors (Lipinski definition) is 0. The maximum Gasteiger partial charge on any atom is 0.210 e. The highest BCUT2D eigenvalue weighted by atomic mass is 16.8. The zero-order chi connectivity index (χ0) is 21.8. The number of benzene rings is 2. The van der Waals surface area contributed by atoms with Crippen LogP contribution in [0.15, 0.2) is 63.8 Å². The molecule has 0 amide bonds. The van der Waals surface area contributed by atoms with E-state index < -0.39 is 30.4 Å². The third-order valence-electron chi connectivity index (χ3n) is 5.81. The Labute approximate surface area is 180 Å². The molecule has 2 aliphatic rings. The summed E-state index contributed by atoms with van der Waals surface area (Å²) in [5.74, 6) is -0.379. The molecule has 0 N–H and O–H groups in total. The monoisotopic (exact) mass is 423 g/mol. The van der Waals surface area contributed by atoms with E-state index in [-0.39, 0.29) is 5.43 Å². The van der Waals surface area contributed by atoms with E-state index in [0.717, 1.165) is 5.69 Å². The average molecular weight is 423 g/mol. The minimum Gasteiger partial charge on any atom is -0.440 e. The molecule has 2 aliphatic heterocycles. The van der Waals surface area contributed by atoms with E-state index in [1.54, 1.807) is 19.2 Å². The molecule has 0 bridgehead atoms. The molecule has 4 atom stereocenters. The fourth-order valence-corrected chi connectivity index (χ4v) is 4.38. The molecule has 3 heterocycles. The second-order valence-corrected chi connectivity index (χ2v) is 8.27. The van der Waals surface area contributed by atoms with Crippen LogP contribution in [0.3, 0.4) is 0 Å². The lowest BCUT2D eigenvalue weighted by atomic mass is 10.0. The molecule has 0 spiro atoms. The summed E-state index contributed by atoms with van der Waals surface area (Å²) in [7, 11) is 3.45. The van der Waals surface area contributed by atoms with Crippen LogP contribution < -0.4 is 10.3 Å². The molecule has 1 aromatic heterocycles. The van der Waals surface area contributed by atoms with Crippen LogP contribution in [0.25, 0.3) is 11.0 Å². The van der Waals surface area contributed by atoms with Gasteiger partial charge in [0.25, 0.3) is 0 Å². The van der Waals surface area contributed by atoms with Gasteiger partial charge in [0.15, 0.2) is 12.1 Å². The summed E-state index contributed by atoms with van der Waals surface area (Å²) in [5.41, 5.74) is 1.61. The van der Waals surface area contributed by atoms with E-state index in [0.29, 0.717) is 22.4 Å². The highest BCUT2D eigenvalue weighted by Crippen LogP contribution is 2.46. The predicted molar refractivity (Wildman–Crippen MR) is 115 cm³/mol. The van der Waals surface area contributed by atoms with Crippen LogP contribution in [0.5, 0.6) is 0 Å². The lowest BCUT2D eigenvalue weighted by Crippen LogP contribution is -2.35. The van der Waals surface area contributed by atoms with Crippen molar-refractivity contribution in [1.29, 1.82) is 0 Å². The van der Waals surface area contributed by atoms with Gasteiger partial charge in [-0.25, -0.2) is 0 Å². The molecule has 0 aliphatic carbocycles. The van der Waals surface area contributed by atoms with Crippen LogP contribution in [-0.2, 0) is 18.9 Å². The molecule has 7 heteroatoms. The van der Waals surface area contributed by atoms with Gasteiger partial charge in [-0.05, 0) is 38.1 Å². The third kappa shape index (κ3) is 3.34. The summed E-state index contributed by atoms with van der Waals surface area (Å²) in [6, 6.07) is 16.9. The molecule has 7 nitrogen and oxygen atoms in total. The number of ether oxygens (including phenoxy) is 4.